The average Bonchev–Trinajstić information content (AvgIpc) is 3.79. The summed E-state index contributed by atoms with van der Waals surface area (Å²) in [4.78, 5) is 0. The van der Waals surface area contributed by atoms with E-state index in [4.69, 9.17) is 4.42 Å². The Hall–Kier alpha value is -6.44. The second-order valence-electron chi connectivity index (χ2n) is 14.2. The Morgan fingerprint density at radius 2 is 0.981 bits per heavy atom. The summed E-state index contributed by atoms with van der Waals surface area (Å²) < 4.78 is 6.69. The van der Waals surface area contributed by atoms with Crippen LogP contribution in [0.4, 0.5) is 0 Å². The molecule has 1 aliphatic carbocycles. The molecule has 1 atom stereocenters. The van der Waals surface area contributed by atoms with E-state index >= 15 is 0 Å². The first-order chi connectivity index (χ1) is 25.8. The predicted molar refractivity (Wildman–Crippen MR) is 221 cm³/mol. The number of rotatable bonds is 4. The van der Waals surface area contributed by atoms with Crippen LogP contribution in [0.15, 0.2) is 174 Å². The van der Waals surface area contributed by atoms with E-state index in [1.807, 2.05) is 0 Å². The van der Waals surface area contributed by atoms with Gasteiger partial charge in [-0.3, -0.25) is 0 Å². The van der Waals surface area contributed by atoms with Crippen LogP contribution in [0.3, 0.4) is 0 Å². The number of fused-ring (bicyclic) bond motifs is 11. The van der Waals surface area contributed by atoms with Crippen molar-refractivity contribution in [2.24, 2.45) is 0 Å². The molecule has 0 aliphatic heterocycles. The fraction of sp³-hybridized carbons (Fsp3) is 0.0588. The van der Waals surface area contributed by atoms with Crippen molar-refractivity contribution < 1.29 is 4.42 Å². The highest BCUT2D eigenvalue weighted by molar-refractivity contribution is 6.31. The molecule has 52 heavy (non-hydrogen) atoms. The topological polar surface area (TPSA) is 13.1 Å². The summed E-state index contributed by atoms with van der Waals surface area (Å²) in [5.74, 6) is 0.315. The molecule has 1 aromatic heterocycles. The van der Waals surface area contributed by atoms with Gasteiger partial charge in [-0.15, -0.1) is 0 Å². The van der Waals surface area contributed by atoms with E-state index in [1.54, 1.807) is 0 Å². The lowest BCUT2D eigenvalue weighted by atomic mass is 9.84. The molecule has 0 bridgehead atoms. The zero-order chi connectivity index (χ0) is 34.3. The van der Waals surface area contributed by atoms with Crippen LogP contribution in [-0.2, 0) is 0 Å². The summed E-state index contributed by atoms with van der Waals surface area (Å²) in [6.07, 6.45) is 3.44. The Morgan fingerprint density at radius 1 is 0.462 bits per heavy atom. The standard InChI is InChI=1S/C51H34O/c1-2-31-29-34-13-3-4-14-36(34)47(31)32-23-25-33(26-24-32)48-40-18-8-10-20-42(40)49(43-21-11-9-19-41(43)48)35-27-28-46-45(30-35)50-39-17-7-5-15-37(39)38-16-6-12-22-44(38)51(50)52-46/h3-30,47H,2H2,1H3. The summed E-state index contributed by atoms with van der Waals surface area (Å²) in [6.45, 7) is 2.27. The SMILES string of the molecule is CCC1=Cc2ccccc2C1c1ccc(-c2c3ccccc3c(-c3ccc4oc5c6ccccc6c6ccccc6c5c4c3)c3ccccc23)cc1. The molecule has 244 valence electrons. The highest BCUT2D eigenvalue weighted by Crippen LogP contribution is 2.47. The minimum atomic E-state index is 0.315. The van der Waals surface area contributed by atoms with Gasteiger partial charge in [-0.25, -0.2) is 0 Å². The van der Waals surface area contributed by atoms with Gasteiger partial charge in [-0.2, -0.15) is 0 Å². The maximum absolute atomic E-state index is 6.69. The van der Waals surface area contributed by atoms with Gasteiger partial charge in [0.15, 0.2) is 0 Å². The zero-order valence-corrected chi connectivity index (χ0v) is 28.9. The second-order valence-corrected chi connectivity index (χ2v) is 14.2. The minimum Gasteiger partial charge on any atom is -0.455 e. The fourth-order valence-electron chi connectivity index (χ4n) is 9.24. The highest BCUT2D eigenvalue weighted by atomic mass is 16.3. The summed E-state index contributed by atoms with van der Waals surface area (Å²) in [7, 11) is 0. The summed E-state index contributed by atoms with van der Waals surface area (Å²) in [5.41, 5.74) is 12.5. The fourth-order valence-corrected chi connectivity index (χ4v) is 9.24. The van der Waals surface area contributed by atoms with Gasteiger partial charge in [0.1, 0.15) is 11.2 Å². The van der Waals surface area contributed by atoms with Crippen LogP contribution in [0, 0.1) is 0 Å². The van der Waals surface area contributed by atoms with E-state index < -0.39 is 0 Å². The molecule has 1 aliphatic rings. The number of furan rings is 1. The molecule has 9 aromatic carbocycles. The lowest BCUT2D eigenvalue weighted by Crippen LogP contribution is -2.01. The van der Waals surface area contributed by atoms with E-state index in [-0.39, 0.29) is 0 Å². The molecule has 0 spiro atoms. The van der Waals surface area contributed by atoms with Crippen molar-refractivity contribution in [1.29, 1.82) is 0 Å². The van der Waals surface area contributed by atoms with Crippen LogP contribution < -0.4 is 0 Å². The van der Waals surface area contributed by atoms with Crippen molar-refractivity contribution in [2.75, 3.05) is 0 Å². The molecular formula is C51H34O. The Bertz CT molecular complexity index is 3040. The first-order valence-corrected chi connectivity index (χ1v) is 18.4. The van der Waals surface area contributed by atoms with Crippen molar-refractivity contribution in [3.63, 3.8) is 0 Å². The molecule has 0 fully saturated rings. The van der Waals surface area contributed by atoms with Gasteiger partial charge in [0.2, 0.25) is 0 Å². The van der Waals surface area contributed by atoms with E-state index in [9.17, 15) is 0 Å². The van der Waals surface area contributed by atoms with Crippen LogP contribution in [0.1, 0.15) is 36.0 Å². The largest absolute Gasteiger partial charge is 0.455 e. The lowest BCUT2D eigenvalue weighted by Gasteiger charge is -2.19. The van der Waals surface area contributed by atoms with E-state index in [1.165, 1.54) is 87.6 Å². The third kappa shape index (κ3) is 4.17. The normalized spacial score (nSPS) is 14.2. The van der Waals surface area contributed by atoms with Crippen LogP contribution in [0.2, 0.25) is 0 Å². The van der Waals surface area contributed by atoms with Crippen LogP contribution in [-0.4, -0.2) is 0 Å². The number of hydrogen-bond acceptors (Lipinski definition) is 1. The quantitative estimate of drug-likeness (QED) is 0.135. The molecule has 1 nitrogen and oxygen atoms in total. The number of allylic oxidation sites excluding steroid dienone is 1. The number of benzene rings is 9. The zero-order valence-electron chi connectivity index (χ0n) is 28.9. The van der Waals surface area contributed by atoms with Gasteiger partial charge in [0, 0.05) is 22.1 Å². The lowest BCUT2D eigenvalue weighted by molar-refractivity contribution is 0.673. The van der Waals surface area contributed by atoms with Gasteiger partial charge >= 0.3 is 0 Å². The van der Waals surface area contributed by atoms with E-state index in [0.29, 0.717) is 5.92 Å². The maximum Gasteiger partial charge on any atom is 0.143 e. The monoisotopic (exact) mass is 662 g/mol. The molecular weight excluding hydrogens is 629 g/mol. The van der Waals surface area contributed by atoms with Gasteiger partial charge < -0.3 is 4.42 Å². The molecule has 1 heteroatoms. The van der Waals surface area contributed by atoms with Crippen LogP contribution in [0.25, 0.3) is 93.4 Å². The molecule has 10 aromatic rings. The third-order valence-corrected chi connectivity index (χ3v) is 11.5. The van der Waals surface area contributed by atoms with Crippen molar-refractivity contribution in [3.8, 4) is 22.3 Å². The summed E-state index contributed by atoms with van der Waals surface area (Å²) in [5, 5.41) is 12.2. The molecule has 0 saturated carbocycles. The average molecular weight is 663 g/mol. The van der Waals surface area contributed by atoms with Gasteiger partial charge in [0.05, 0.1) is 0 Å². The minimum absolute atomic E-state index is 0.315. The van der Waals surface area contributed by atoms with Crippen molar-refractivity contribution in [2.45, 2.75) is 19.3 Å². The van der Waals surface area contributed by atoms with Crippen LogP contribution >= 0.6 is 0 Å². The van der Waals surface area contributed by atoms with Crippen LogP contribution in [0.5, 0.6) is 0 Å². The first kappa shape index (κ1) is 29.3. The molecule has 0 saturated heterocycles. The van der Waals surface area contributed by atoms with Crippen molar-refractivity contribution in [3.05, 3.63) is 186 Å². The Labute approximate surface area is 302 Å². The number of hydrogen-bond donors (Lipinski definition) is 0. The van der Waals surface area contributed by atoms with E-state index in [0.717, 1.165) is 28.4 Å². The Balaban J connectivity index is 1.13. The summed E-state index contributed by atoms with van der Waals surface area (Å²) in [6, 6.07) is 60.3. The first-order valence-electron chi connectivity index (χ1n) is 18.4. The van der Waals surface area contributed by atoms with Gasteiger partial charge in [-0.1, -0.05) is 170 Å². The molecule has 0 amide bonds. The summed E-state index contributed by atoms with van der Waals surface area (Å²) >= 11 is 0. The second kappa shape index (κ2) is 11.3. The van der Waals surface area contributed by atoms with E-state index in [2.05, 4.69) is 177 Å². The van der Waals surface area contributed by atoms with Crippen molar-refractivity contribution in [1.82, 2.24) is 0 Å². The van der Waals surface area contributed by atoms with Gasteiger partial charge in [0.25, 0.3) is 0 Å². The Morgan fingerprint density at radius 3 is 1.63 bits per heavy atom. The molecule has 0 radical (unpaired) electrons. The smallest absolute Gasteiger partial charge is 0.143 e. The van der Waals surface area contributed by atoms with Gasteiger partial charge in [-0.05, 0) is 95.2 Å². The Kier molecular flexibility index (Phi) is 6.36. The molecule has 11 rings (SSSR count). The predicted octanol–water partition coefficient (Wildman–Crippen LogP) is 14.5. The maximum atomic E-state index is 6.69. The third-order valence-electron chi connectivity index (χ3n) is 11.5. The highest BCUT2D eigenvalue weighted by Gasteiger charge is 2.26. The molecule has 1 unspecified atom stereocenters. The molecule has 1 heterocycles. The molecule has 0 N–H and O–H groups in total. The van der Waals surface area contributed by atoms with Crippen molar-refractivity contribution >= 4 is 71.1 Å².